The first-order chi connectivity index (χ1) is 9.54. The molecule has 2 aromatic carbocycles. The normalized spacial score (nSPS) is 12.8. The van der Waals surface area contributed by atoms with E-state index in [2.05, 4.69) is 9.97 Å². The first kappa shape index (κ1) is 13.2. The third kappa shape index (κ3) is 2.32. The Morgan fingerprint density at radius 1 is 1.00 bits per heavy atom. The number of aromatic amines is 2. The zero-order chi connectivity index (χ0) is 14.3. The quantitative estimate of drug-likeness (QED) is 0.691. The maximum absolute atomic E-state index is 13.2. The van der Waals surface area contributed by atoms with E-state index in [1.54, 1.807) is 24.3 Å². The molecular formula is C14H9Cl2FN2O. The number of fused-ring (bicyclic) bond motifs is 1. The zero-order valence-electron chi connectivity index (χ0n) is 10.1. The molecule has 2 N–H and O–H groups in total. The van der Waals surface area contributed by atoms with Crippen molar-refractivity contribution in [3.63, 3.8) is 0 Å². The highest BCUT2D eigenvalue weighted by Crippen LogP contribution is 2.32. The average Bonchev–Trinajstić information content (AvgIpc) is 2.80. The summed E-state index contributed by atoms with van der Waals surface area (Å²) in [6.07, 6.45) is 0. The fourth-order valence-electron chi connectivity index (χ4n) is 2.07. The Morgan fingerprint density at radius 3 is 2.40 bits per heavy atom. The molecule has 1 heterocycles. The zero-order valence-corrected chi connectivity index (χ0v) is 11.6. The van der Waals surface area contributed by atoms with Gasteiger partial charge in [-0.15, -0.1) is 11.6 Å². The molecule has 102 valence electrons. The lowest BCUT2D eigenvalue weighted by molar-refractivity contribution is 0.627. The number of hydrogen-bond donors (Lipinski definition) is 2. The van der Waals surface area contributed by atoms with Gasteiger partial charge < -0.3 is 9.97 Å². The molecule has 0 aliphatic carbocycles. The topological polar surface area (TPSA) is 48.6 Å². The Labute approximate surface area is 123 Å². The standard InChI is InChI=1S/C14H9Cl2FN2O/c15-9-5-7(1-3-10(9)17)13(16)8-2-4-11-12(6-8)19-14(20)18-11/h1-6,13H,(H2,18,19,20). The van der Waals surface area contributed by atoms with Gasteiger partial charge in [-0.05, 0) is 35.4 Å². The minimum absolute atomic E-state index is 0.0317. The van der Waals surface area contributed by atoms with Crippen LogP contribution in [0.15, 0.2) is 41.2 Å². The molecule has 0 saturated carbocycles. The summed E-state index contributed by atoms with van der Waals surface area (Å²) in [5.41, 5.74) is 2.59. The van der Waals surface area contributed by atoms with E-state index in [1.165, 1.54) is 12.1 Å². The molecule has 1 aromatic heterocycles. The van der Waals surface area contributed by atoms with E-state index >= 15 is 0 Å². The maximum atomic E-state index is 13.2. The predicted molar refractivity (Wildman–Crippen MR) is 78.0 cm³/mol. The molecule has 3 rings (SSSR count). The van der Waals surface area contributed by atoms with Crippen molar-refractivity contribution < 1.29 is 4.39 Å². The molecule has 0 spiro atoms. The lowest BCUT2D eigenvalue weighted by atomic mass is 10.0. The SMILES string of the molecule is O=c1[nH]c2ccc(C(Cl)c3ccc(F)c(Cl)c3)cc2[nH]1. The van der Waals surface area contributed by atoms with E-state index in [0.29, 0.717) is 16.6 Å². The second-order valence-corrected chi connectivity index (χ2v) is 5.26. The molecule has 0 amide bonds. The predicted octanol–water partition coefficient (Wildman–Crippen LogP) is 3.98. The second kappa shape index (κ2) is 4.96. The van der Waals surface area contributed by atoms with Gasteiger partial charge in [0.25, 0.3) is 0 Å². The number of nitrogens with one attached hydrogen (secondary N) is 2. The number of imidazole rings is 1. The van der Waals surface area contributed by atoms with Gasteiger partial charge in [-0.2, -0.15) is 0 Å². The van der Waals surface area contributed by atoms with Crippen LogP contribution in [0.4, 0.5) is 4.39 Å². The van der Waals surface area contributed by atoms with Gasteiger partial charge in [0.2, 0.25) is 0 Å². The highest BCUT2D eigenvalue weighted by atomic mass is 35.5. The van der Waals surface area contributed by atoms with Gasteiger partial charge in [-0.1, -0.05) is 23.7 Å². The van der Waals surface area contributed by atoms with Crippen molar-refractivity contribution in [1.82, 2.24) is 9.97 Å². The molecule has 0 aliphatic heterocycles. The molecule has 0 bridgehead atoms. The third-order valence-corrected chi connectivity index (χ3v) is 3.86. The van der Waals surface area contributed by atoms with Crippen LogP contribution in [0.5, 0.6) is 0 Å². The van der Waals surface area contributed by atoms with Crippen molar-refractivity contribution in [2.45, 2.75) is 5.38 Å². The summed E-state index contributed by atoms with van der Waals surface area (Å²) in [5, 5.41) is -0.444. The summed E-state index contributed by atoms with van der Waals surface area (Å²) >= 11 is 12.1. The van der Waals surface area contributed by atoms with Crippen LogP contribution in [-0.2, 0) is 0 Å². The summed E-state index contributed by atoms with van der Waals surface area (Å²) in [7, 11) is 0. The molecule has 0 aliphatic rings. The van der Waals surface area contributed by atoms with Crippen LogP contribution in [0, 0.1) is 5.82 Å². The number of H-pyrrole nitrogens is 2. The molecule has 0 fully saturated rings. The number of benzene rings is 2. The Balaban J connectivity index is 2.04. The highest BCUT2D eigenvalue weighted by molar-refractivity contribution is 6.31. The van der Waals surface area contributed by atoms with E-state index < -0.39 is 11.2 Å². The van der Waals surface area contributed by atoms with Crippen molar-refractivity contribution in [3.05, 3.63) is 68.8 Å². The monoisotopic (exact) mass is 310 g/mol. The van der Waals surface area contributed by atoms with Gasteiger partial charge in [0.1, 0.15) is 5.82 Å². The van der Waals surface area contributed by atoms with E-state index in [1.807, 2.05) is 0 Å². The number of alkyl halides is 1. The van der Waals surface area contributed by atoms with Gasteiger partial charge in [0, 0.05) is 0 Å². The van der Waals surface area contributed by atoms with Gasteiger partial charge in [-0.25, -0.2) is 9.18 Å². The molecule has 1 unspecified atom stereocenters. The first-order valence-corrected chi connectivity index (χ1v) is 6.67. The summed E-state index contributed by atoms with van der Waals surface area (Å²) in [5.74, 6) is -0.482. The molecule has 3 nitrogen and oxygen atoms in total. The highest BCUT2D eigenvalue weighted by Gasteiger charge is 2.13. The smallest absolute Gasteiger partial charge is 0.306 e. The van der Waals surface area contributed by atoms with Crippen LogP contribution in [-0.4, -0.2) is 9.97 Å². The minimum Gasteiger partial charge on any atom is -0.306 e. The van der Waals surface area contributed by atoms with Crippen molar-refractivity contribution >= 4 is 34.2 Å². The molecule has 3 aromatic rings. The summed E-state index contributed by atoms with van der Waals surface area (Å²) in [4.78, 5) is 16.5. The Bertz CT molecular complexity index is 841. The summed E-state index contributed by atoms with van der Waals surface area (Å²) < 4.78 is 13.2. The summed E-state index contributed by atoms with van der Waals surface area (Å²) in [6.45, 7) is 0. The van der Waals surface area contributed by atoms with Crippen molar-refractivity contribution in [3.8, 4) is 0 Å². The number of aromatic nitrogens is 2. The summed E-state index contributed by atoms with van der Waals surface area (Å²) in [6, 6.07) is 9.72. The Hall–Kier alpha value is -1.78. The number of rotatable bonds is 2. The number of hydrogen-bond acceptors (Lipinski definition) is 1. The second-order valence-electron chi connectivity index (χ2n) is 4.42. The van der Waals surface area contributed by atoms with Crippen LogP contribution >= 0.6 is 23.2 Å². The van der Waals surface area contributed by atoms with E-state index in [9.17, 15) is 9.18 Å². The minimum atomic E-state index is -0.482. The lowest BCUT2D eigenvalue weighted by Crippen LogP contribution is -1.99. The van der Waals surface area contributed by atoms with Gasteiger partial charge in [-0.3, -0.25) is 0 Å². The van der Waals surface area contributed by atoms with Crippen LogP contribution in [0.2, 0.25) is 5.02 Å². The molecule has 1 atom stereocenters. The van der Waals surface area contributed by atoms with Crippen molar-refractivity contribution in [2.24, 2.45) is 0 Å². The molecular weight excluding hydrogens is 302 g/mol. The van der Waals surface area contributed by atoms with Gasteiger partial charge >= 0.3 is 5.69 Å². The van der Waals surface area contributed by atoms with Crippen LogP contribution in [0.3, 0.4) is 0 Å². The average molecular weight is 311 g/mol. The van der Waals surface area contributed by atoms with Gasteiger partial charge in [0.05, 0.1) is 21.4 Å². The maximum Gasteiger partial charge on any atom is 0.323 e. The fraction of sp³-hybridized carbons (Fsp3) is 0.0714. The molecule has 20 heavy (non-hydrogen) atoms. The van der Waals surface area contributed by atoms with Crippen LogP contribution < -0.4 is 5.69 Å². The Morgan fingerprint density at radius 2 is 1.65 bits per heavy atom. The van der Waals surface area contributed by atoms with Crippen molar-refractivity contribution in [2.75, 3.05) is 0 Å². The molecule has 6 heteroatoms. The molecule has 0 radical (unpaired) electrons. The van der Waals surface area contributed by atoms with E-state index in [4.69, 9.17) is 23.2 Å². The van der Waals surface area contributed by atoms with Gasteiger partial charge in [0.15, 0.2) is 0 Å². The van der Waals surface area contributed by atoms with Crippen molar-refractivity contribution in [1.29, 1.82) is 0 Å². The Kier molecular flexibility index (Phi) is 3.28. The van der Waals surface area contributed by atoms with Crippen LogP contribution in [0.25, 0.3) is 11.0 Å². The largest absolute Gasteiger partial charge is 0.323 e. The molecule has 0 saturated heterocycles. The van der Waals surface area contributed by atoms with Crippen LogP contribution in [0.1, 0.15) is 16.5 Å². The van der Waals surface area contributed by atoms with E-state index in [-0.39, 0.29) is 10.7 Å². The lowest BCUT2D eigenvalue weighted by Gasteiger charge is -2.11. The third-order valence-electron chi connectivity index (χ3n) is 3.07. The fourth-order valence-corrected chi connectivity index (χ4v) is 2.53. The number of halogens is 3. The first-order valence-electron chi connectivity index (χ1n) is 5.85. The van der Waals surface area contributed by atoms with E-state index in [0.717, 1.165) is 5.56 Å².